The maximum absolute atomic E-state index is 10.7. The lowest BCUT2D eigenvalue weighted by Gasteiger charge is -1.95. The van der Waals surface area contributed by atoms with Gasteiger partial charge in [0.15, 0.2) is 0 Å². The molecule has 0 N–H and O–H groups in total. The first kappa shape index (κ1) is 10.7. The summed E-state index contributed by atoms with van der Waals surface area (Å²) in [7, 11) is 1.34. The van der Waals surface area contributed by atoms with Crippen LogP contribution in [0.4, 0.5) is 0 Å². The summed E-state index contributed by atoms with van der Waals surface area (Å²) in [5.74, 6) is -0.297. The van der Waals surface area contributed by atoms with Gasteiger partial charge in [-0.25, -0.2) is 9.97 Å². The molecule has 0 amide bonds. The van der Waals surface area contributed by atoms with Crippen LogP contribution < -0.4 is 0 Å². The Labute approximate surface area is 86.6 Å². The van der Waals surface area contributed by atoms with E-state index >= 15 is 0 Å². The predicted molar refractivity (Wildman–Crippen MR) is 52.7 cm³/mol. The molecule has 0 unspecified atom stereocenters. The lowest BCUT2D eigenvalue weighted by molar-refractivity contribution is -0.139. The van der Waals surface area contributed by atoms with Crippen LogP contribution in [0.3, 0.4) is 0 Å². The summed E-state index contributed by atoms with van der Waals surface area (Å²) < 4.78 is 4.46. The Morgan fingerprint density at radius 2 is 2.50 bits per heavy atom. The molecule has 0 spiro atoms. The fourth-order valence-electron chi connectivity index (χ4n) is 0.803. The second kappa shape index (κ2) is 5.34. The highest BCUT2D eigenvalue weighted by atomic mass is 35.5. The monoisotopic (exact) mass is 212 g/mol. The van der Waals surface area contributed by atoms with Gasteiger partial charge in [0.05, 0.1) is 13.5 Å². The average Bonchev–Trinajstić information content (AvgIpc) is 2.20. The summed E-state index contributed by atoms with van der Waals surface area (Å²) in [6.45, 7) is 0. The molecule has 0 saturated heterocycles. The molecule has 5 heteroatoms. The van der Waals surface area contributed by atoms with Crippen LogP contribution in [0.15, 0.2) is 18.6 Å². The van der Waals surface area contributed by atoms with E-state index in [-0.39, 0.29) is 12.4 Å². The topological polar surface area (TPSA) is 52.1 Å². The van der Waals surface area contributed by atoms with E-state index in [4.69, 9.17) is 11.6 Å². The van der Waals surface area contributed by atoms with Gasteiger partial charge >= 0.3 is 5.97 Å². The molecule has 1 heterocycles. The van der Waals surface area contributed by atoms with Gasteiger partial charge in [-0.3, -0.25) is 4.79 Å². The second-order valence-electron chi connectivity index (χ2n) is 2.45. The fourth-order valence-corrected chi connectivity index (χ4v) is 0.958. The van der Waals surface area contributed by atoms with Crippen molar-refractivity contribution in [1.82, 2.24) is 9.97 Å². The molecule has 0 radical (unpaired) electrons. The SMILES string of the molecule is COC(=O)CC=Cc1cncnc1Cl. The lowest BCUT2D eigenvalue weighted by atomic mass is 10.3. The van der Waals surface area contributed by atoms with Crippen LogP contribution in [0, 0.1) is 0 Å². The number of hydrogen-bond acceptors (Lipinski definition) is 4. The summed E-state index contributed by atoms with van der Waals surface area (Å²) >= 11 is 5.75. The smallest absolute Gasteiger partial charge is 0.309 e. The number of halogens is 1. The Bertz CT molecular complexity index is 352. The van der Waals surface area contributed by atoms with Crippen LogP contribution in [0.5, 0.6) is 0 Å². The summed E-state index contributed by atoms with van der Waals surface area (Å²) in [6.07, 6.45) is 6.47. The molecule has 1 aromatic rings. The maximum Gasteiger partial charge on any atom is 0.309 e. The third kappa shape index (κ3) is 3.14. The number of carbonyl (C=O) groups is 1. The van der Waals surface area contributed by atoms with Crippen molar-refractivity contribution in [3.05, 3.63) is 29.3 Å². The quantitative estimate of drug-likeness (QED) is 0.565. The van der Waals surface area contributed by atoms with Crippen LogP contribution in [-0.4, -0.2) is 23.0 Å². The number of aromatic nitrogens is 2. The van der Waals surface area contributed by atoms with Crippen molar-refractivity contribution in [2.45, 2.75) is 6.42 Å². The Morgan fingerprint density at radius 1 is 1.71 bits per heavy atom. The highest BCUT2D eigenvalue weighted by Gasteiger charge is 1.97. The highest BCUT2D eigenvalue weighted by molar-refractivity contribution is 6.30. The molecule has 0 aliphatic rings. The van der Waals surface area contributed by atoms with Crippen molar-refractivity contribution in [3.8, 4) is 0 Å². The van der Waals surface area contributed by atoms with Crippen molar-refractivity contribution >= 4 is 23.6 Å². The Morgan fingerprint density at radius 3 is 3.14 bits per heavy atom. The third-order valence-corrected chi connectivity index (χ3v) is 1.81. The fraction of sp³-hybridized carbons (Fsp3) is 0.222. The molecule has 0 fully saturated rings. The molecule has 74 valence electrons. The standard InChI is InChI=1S/C9H9ClN2O2/c1-14-8(13)4-2-3-7-5-11-6-12-9(7)10/h2-3,5-6H,4H2,1H3. The van der Waals surface area contributed by atoms with Gasteiger partial charge in [0.2, 0.25) is 0 Å². The molecule has 0 aromatic carbocycles. The van der Waals surface area contributed by atoms with Gasteiger partial charge in [-0.05, 0) is 0 Å². The third-order valence-electron chi connectivity index (χ3n) is 1.50. The molecule has 1 rings (SSSR count). The van der Waals surface area contributed by atoms with Crippen molar-refractivity contribution in [1.29, 1.82) is 0 Å². The minimum absolute atomic E-state index is 0.210. The summed E-state index contributed by atoms with van der Waals surface area (Å²) in [6, 6.07) is 0. The molecule has 4 nitrogen and oxygen atoms in total. The number of rotatable bonds is 3. The van der Waals surface area contributed by atoms with E-state index in [9.17, 15) is 4.79 Å². The van der Waals surface area contributed by atoms with E-state index in [0.717, 1.165) is 0 Å². The zero-order chi connectivity index (χ0) is 10.4. The van der Waals surface area contributed by atoms with Crippen LogP contribution in [0.25, 0.3) is 6.08 Å². The van der Waals surface area contributed by atoms with Gasteiger partial charge in [0.25, 0.3) is 0 Å². The van der Waals surface area contributed by atoms with Gasteiger partial charge < -0.3 is 4.74 Å². The van der Waals surface area contributed by atoms with Gasteiger partial charge in [0, 0.05) is 11.8 Å². The average molecular weight is 213 g/mol. The van der Waals surface area contributed by atoms with E-state index in [1.807, 2.05) is 0 Å². The minimum Gasteiger partial charge on any atom is -0.469 e. The van der Waals surface area contributed by atoms with Crippen LogP contribution in [0.2, 0.25) is 5.15 Å². The van der Waals surface area contributed by atoms with E-state index in [2.05, 4.69) is 14.7 Å². The number of esters is 1. The Balaban J connectivity index is 2.60. The zero-order valence-corrected chi connectivity index (χ0v) is 8.36. The lowest BCUT2D eigenvalue weighted by Crippen LogP contribution is -1.96. The first-order valence-corrected chi connectivity index (χ1v) is 4.30. The van der Waals surface area contributed by atoms with Crippen molar-refractivity contribution in [3.63, 3.8) is 0 Å². The van der Waals surface area contributed by atoms with Gasteiger partial charge in [-0.15, -0.1) is 0 Å². The molecule has 0 bridgehead atoms. The van der Waals surface area contributed by atoms with Crippen LogP contribution in [0.1, 0.15) is 12.0 Å². The second-order valence-corrected chi connectivity index (χ2v) is 2.81. The molecule has 0 aliphatic heterocycles. The van der Waals surface area contributed by atoms with Crippen molar-refractivity contribution in [2.75, 3.05) is 7.11 Å². The number of carbonyl (C=O) groups excluding carboxylic acids is 1. The Hall–Kier alpha value is -1.42. The zero-order valence-electron chi connectivity index (χ0n) is 7.61. The molecule has 1 aromatic heterocycles. The van der Waals surface area contributed by atoms with Crippen molar-refractivity contribution < 1.29 is 9.53 Å². The highest BCUT2D eigenvalue weighted by Crippen LogP contribution is 2.11. The normalized spacial score (nSPS) is 10.4. The maximum atomic E-state index is 10.7. The Kier molecular flexibility index (Phi) is 4.07. The van der Waals surface area contributed by atoms with Crippen molar-refractivity contribution in [2.24, 2.45) is 0 Å². The molecule has 0 saturated carbocycles. The minimum atomic E-state index is -0.297. The van der Waals surface area contributed by atoms with Crippen LogP contribution >= 0.6 is 11.6 Å². The van der Waals surface area contributed by atoms with E-state index in [1.54, 1.807) is 18.3 Å². The van der Waals surface area contributed by atoms with E-state index < -0.39 is 0 Å². The van der Waals surface area contributed by atoms with E-state index in [0.29, 0.717) is 10.7 Å². The number of ether oxygens (including phenoxy) is 1. The van der Waals surface area contributed by atoms with E-state index in [1.165, 1.54) is 13.4 Å². The number of hydrogen-bond donors (Lipinski definition) is 0. The summed E-state index contributed by atoms with van der Waals surface area (Å²) in [4.78, 5) is 18.3. The number of methoxy groups -OCH3 is 1. The molecule has 14 heavy (non-hydrogen) atoms. The largest absolute Gasteiger partial charge is 0.469 e. The molecule has 0 aliphatic carbocycles. The number of nitrogens with zero attached hydrogens (tertiary/aromatic N) is 2. The summed E-state index contributed by atoms with van der Waals surface area (Å²) in [5.41, 5.74) is 0.679. The first-order chi connectivity index (χ1) is 6.74. The molecular weight excluding hydrogens is 204 g/mol. The summed E-state index contributed by atoms with van der Waals surface area (Å²) in [5, 5.41) is 0.362. The van der Waals surface area contributed by atoms with Gasteiger partial charge in [-0.1, -0.05) is 23.8 Å². The van der Waals surface area contributed by atoms with Crippen LogP contribution in [-0.2, 0) is 9.53 Å². The first-order valence-electron chi connectivity index (χ1n) is 3.93. The van der Waals surface area contributed by atoms with Gasteiger partial charge in [0.1, 0.15) is 11.5 Å². The van der Waals surface area contributed by atoms with Gasteiger partial charge in [-0.2, -0.15) is 0 Å². The predicted octanol–water partition coefficient (Wildman–Crippen LogP) is 1.71. The molecule has 0 atom stereocenters. The molecular formula is C9H9ClN2O2.